The van der Waals surface area contributed by atoms with Crippen LogP contribution >= 0.6 is 0 Å². The van der Waals surface area contributed by atoms with Gasteiger partial charge in [-0.1, -0.05) is 32.1 Å². The summed E-state index contributed by atoms with van der Waals surface area (Å²) in [6, 6.07) is 6.91. The zero-order valence-electron chi connectivity index (χ0n) is 11.2. The molecule has 0 saturated carbocycles. The van der Waals surface area contributed by atoms with Gasteiger partial charge in [-0.2, -0.15) is 0 Å². The van der Waals surface area contributed by atoms with E-state index in [4.69, 9.17) is 10.2 Å². The van der Waals surface area contributed by atoms with Crippen LogP contribution in [0.3, 0.4) is 0 Å². The van der Waals surface area contributed by atoms with Crippen molar-refractivity contribution in [2.75, 3.05) is 0 Å². The van der Waals surface area contributed by atoms with E-state index in [0.29, 0.717) is 5.58 Å². The molecule has 2 nitrogen and oxygen atoms in total. The molecule has 1 unspecified atom stereocenters. The first-order valence-electron chi connectivity index (χ1n) is 6.59. The Balaban J connectivity index is 2.07. The first-order chi connectivity index (χ1) is 8.94. The third-order valence-electron chi connectivity index (χ3n) is 3.69. The lowest BCUT2D eigenvalue weighted by Crippen LogP contribution is -2.30. The topological polar surface area (TPSA) is 39.2 Å². The molecule has 100 valence electrons. The summed E-state index contributed by atoms with van der Waals surface area (Å²) in [5, 5.41) is 0.799. The molecule has 0 amide bonds. The summed E-state index contributed by atoms with van der Waals surface area (Å²) in [4.78, 5) is 0. The maximum atomic E-state index is 13.7. The predicted octanol–water partition coefficient (Wildman–Crippen LogP) is 4.10. The van der Waals surface area contributed by atoms with E-state index in [9.17, 15) is 4.39 Å². The molecule has 19 heavy (non-hydrogen) atoms. The number of para-hydroxylation sites is 1. The van der Waals surface area contributed by atoms with Crippen LogP contribution in [0.1, 0.15) is 32.4 Å². The summed E-state index contributed by atoms with van der Waals surface area (Å²) in [5.74, 6) is 0.423. The van der Waals surface area contributed by atoms with Crippen LogP contribution in [0.2, 0.25) is 0 Å². The number of halogens is 1. The fourth-order valence-corrected chi connectivity index (χ4v) is 2.96. The van der Waals surface area contributed by atoms with Crippen LogP contribution in [0.4, 0.5) is 4.39 Å². The molecular weight excluding hydrogens is 241 g/mol. The Morgan fingerprint density at radius 1 is 1.37 bits per heavy atom. The van der Waals surface area contributed by atoms with E-state index in [1.165, 1.54) is 6.07 Å². The fraction of sp³-hybridized carbons (Fsp3) is 0.375. The molecule has 0 spiro atoms. The first kappa shape index (κ1) is 12.4. The smallest absolute Gasteiger partial charge is 0.170 e. The highest BCUT2D eigenvalue weighted by atomic mass is 19.1. The van der Waals surface area contributed by atoms with Gasteiger partial charge in [-0.25, -0.2) is 4.39 Å². The summed E-state index contributed by atoms with van der Waals surface area (Å²) in [6.07, 6.45) is 3.91. The fourth-order valence-electron chi connectivity index (χ4n) is 2.96. The third kappa shape index (κ3) is 2.30. The highest BCUT2D eigenvalue weighted by molar-refractivity contribution is 5.82. The molecule has 2 aromatic rings. The van der Waals surface area contributed by atoms with Crippen LogP contribution in [-0.2, 0) is 0 Å². The Bertz CT molecular complexity index is 654. The summed E-state index contributed by atoms with van der Waals surface area (Å²) >= 11 is 0. The molecular formula is C16H18FNO. The van der Waals surface area contributed by atoms with E-state index in [1.807, 2.05) is 18.2 Å². The molecule has 1 atom stereocenters. The normalized spacial score (nSPS) is 22.5. The lowest BCUT2D eigenvalue weighted by molar-refractivity contribution is 0.316. The maximum Gasteiger partial charge on any atom is 0.170 e. The standard InChI is InChI=1S/C16H18FNO/c1-16(2)8-11(6-12(18)9-16)14-7-10-4-3-5-13(17)15(10)19-14/h3-7,12H,8-9,18H2,1-2H3. The van der Waals surface area contributed by atoms with Crippen LogP contribution in [0.5, 0.6) is 0 Å². The molecule has 3 heteroatoms. The van der Waals surface area contributed by atoms with E-state index in [-0.39, 0.29) is 17.3 Å². The summed E-state index contributed by atoms with van der Waals surface area (Å²) in [5.41, 5.74) is 7.64. The van der Waals surface area contributed by atoms with Gasteiger partial charge in [-0.15, -0.1) is 0 Å². The predicted molar refractivity (Wildman–Crippen MR) is 75.1 cm³/mol. The van der Waals surface area contributed by atoms with Gasteiger partial charge in [0.15, 0.2) is 11.4 Å². The van der Waals surface area contributed by atoms with Crippen molar-refractivity contribution >= 4 is 16.5 Å². The molecule has 0 bridgehead atoms. The third-order valence-corrected chi connectivity index (χ3v) is 3.69. The second-order valence-corrected chi connectivity index (χ2v) is 6.17. The summed E-state index contributed by atoms with van der Waals surface area (Å²) < 4.78 is 19.3. The van der Waals surface area contributed by atoms with Gasteiger partial charge >= 0.3 is 0 Å². The molecule has 1 aromatic heterocycles. The zero-order valence-corrected chi connectivity index (χ0v) is 11.2. The van der Waals surface area contributed by atoms with E-state index < -0.39 is 0 Å². The minimum absolute atomic E-state index is 0.0387. The van der Waals surface area contributed by atoms with Crippen LogP contribution in [-0.4, -0.2) is 6.04 Å². The van der Waals surface area contributed by atoms with Crippen molar-refractivity contribution in [2.45, 2.75) is 32.7 Å². The molecule has 1 aromatic carbocycles. The van der Waals surface area contributed by atoms with Crippen molar-refractivity contribution < 1.29 is 8.81 Å². The monoisotopic (exact) mass is 259 g/mol. The van der Waals surface area contributed by atoms with Crippen LogP contribution < -0.4 is 5.73 Å². The molecule has 2 N–H and O–H groups in total. The average Bonchev–Trinajstić information content (AvgIpc) is 2.71. The van der Waals surface area contributed by atoms with E-state index in [2.05, 4.69) is 13.8 Å². The number of nitrogens with two attached hydrogens (primary N) is 1. The Hall–Kier alpha value is -1.61. The van der Waals surface area contributed by atoms with Crippen molar-refractivity contribution in [3.63, 3.8) is 0 Å². The van der Waals surface area contributed by atoms with E-state index >= 15 is 0 Å². The van der Waals surface area contributed by atoms with Crippen molar-refractivity contribution in [2.24, 2.45) is 11.1 Å². The largest absolute Gasteiger partial charge is 0.453 e. The molecule has 0 saturated heterocycles. The van der Waals surface area contributed by atoms with Gasteiger partial charge in [0, 0.05) is 11.4 Å². The average molecular weight is 259 g/mol. The van der Waals surface area contributed by atoms with Crippen LogP contribution in [0.15, 0.2) is 34.8 Å². The number of fused-ring (bicyclic) bond motifs is 1. The van der Waals surface area contributed by atoms with Gasteiger partial charge in [-0.05, 0) is 36.0 Å². The van der Waals surface area contributed by atoms with E-state index in [1.54, 1.807) is 6.07 Å². The molecule has 1 heterocycles. The first-order valence-corrected chi connectivity index (χ1v) is 6.59. The van der Waals surface area contributed by atoms with Gasteiger partial charge in [0.1, 0.15) is 5.76 Å². The number of rotatable bonds is 1. The highest BCUT2D eigenvalue weighted by Gasteiger charge is 2.28. The van der Waals surface area contributed by atoms with Gasteiger partial charge < -0.3 is 10.2 Å². The quantitative estimate of drug-likeness (QED) is 0.837. The lowest BCUT2D eigenvalue weighted by atomic mass is 9.75. The molecule has 0 radical (unpaired) electrons. The number of hydrogen-bond acceptors (Lipinski definition) is 2. The zero-order chi connectivity index (χ0) is 13.6. The Labute approximate surface area is 112 Å². The SMILES string of the molecule is CC1(C)CC(c2cc3cccc(F)c3o2)=CC(N)C1. The van der Waals surface area contributed by atoms with Crippen LogP contribution in [0.25, 0.3) is 16.5 Å². The molecule has 1 aliphatic carbocycles. The van der Waals surface area contributed by atoms with Gasteiger partial charge in [0.25, 0.3) is 0 Å². The minimum Gasteiger partial charge on any atom is -0.453 e. The van der Waals surface area contributed by atoms with Gasteiger partial charge in [0.05, 0.1) is 0 Å². The summed E-state index contributed by atoms with van der Waals surface area (Å²) in [6.45, 7) is 4.40. The van der Waals surface area contributed by atoms with Crippen molar-refractivity contribution in [3.8, 4) is 0 Å². The van der Waals surface area contributed by atoms with E-state index in [0.717, 1.165) is 29.6 Å². The molecule has 3 rings (SSSR count). The van der Waals surface area contributed by atoms with Gasteiger partial charge in [-0.3, -0.25) is 0 Å². The Kier molecular flexibility index (Phi) is 2.75. The highest BCUT2D eigenvalue weighted by Crippen LogP contribution is 2.40. The number of allylic oxidation sites excluding steroid dienone is 1. The van der Waals surface area contributed by atoms with Crippen LogP contribution in [0, 0.1) is 11.2 Å². The molecule has 1 aliphatic rings. The number of furan rings is 1. The molecule has 0 aliphatic heterocycles. The van der Waals surface area contributed by atoms with Gasteiger partial charge in [0.2, 0.25) is 0 Å². The maximum absolute atomic E-state index is 13.7. The van der Waals surface area contributed by atoms with Crippen molar-refractivity contribution in [1.82, 2.24) is 0 Å². The van der Waals surface area contributed by atoms with Crippen molar-refractivity contribution in [3.05, 3.63) is 41.9 Å². The Morgan fingerprint density at radius 3 is 2.84 bits per heavy atom. The number of hydrogen-bond donors (Lipinski definition) is 1. The lowest BCUT2D eigenvalue weighted by Gasteiger charge is -2.32. The minimum atomic E-state index is -0.316. The molecule has 0 fully saturated rings. The number of benzene rings is 1. The Morgan fingerprint density at radius 2 is 2.16 bits per heavy atom. The second-order valence-electron chi connectivity index (χ2n) is 6.17. The second kappa shape index (κ2) is 4.20. The van der Waals surface area contributed by atoms with Crippen molar-refractivity contribution in [1.29, 1.82) is 0 Å². The summed E-state index contributed by atoms with van der Waals surface area (Å²) in [7, 11) is 0.